The van der Waals surface area contributed by atoms with Crippen molar-refractivity contribution in [3.05, 3.63) is 47.5 Å². The number of likely N-dealkylation sites (tertiary alicyclic amines) is 1. The first-order chi connectivity index (χ1) is 17.7. The first-order valence-electron chi connectivity index (χ1n) is 14.5. The number of carbonyl (C=O) groups excluding carboxylic acids is 2. The molecule has 1 unspecified atom stereocenters. The van der Waals surface area contributed by atoms with Crippen molar-refractivity contribution in [2.75, 3.05) is 26.2 Å². The van der Waals surface area contributed by atoms with E-state index in [1.807, 2.05) is 49.1 Å². The number of aliphatic hydroxyl groups is 1. The Kier molecular flexibility index (Phi) is 9.12. The molecule has 37 heavy (non-hydrogen) atoms. The van der Waals surface area contributed by atoms with E-state index < -0.39 is 11.1 Å². The van der Waals surface area contributed by atoms with Crippen LogP contribution in [0.25, 0.3) is 0 Å². The number of hydrogen-bond donors (Lipinski definition) is 1. The highest BCUT2D eigenvalue weighted by atomic mass is 16.3. The Hall–Kier alpha value is -2.18. The number of allylic oxidation sites excluding steroid dienone is 2. The van der Waals surface area contributed by atoms with Crippen LogP contribution in [0.3, 0.4) is 0 Å². The van der Waals surface area contributed by atoms with E-state index >= 15 is 0 Å². The van der Waals surface area contributed by atoms with Gasteiger partial charge in [0.1, 0.15) is 5.54 Å². The van der Waals surface area contributed by atoms with Gasteiger partial charge in [0.2, 0.25) is 0 Å². The Morgan fingerprint density at radius 2 is 1.81 bits per heavy atom. The number of piperidine rings is 1. The quantitative estimate of drug-likeness (QED) is 0.305. The molecule has 2 heterocycles. The van der Waals surface area contributed by atoms with E-state index in [4.69, 9.17) is 0 Å². The molecule has 3 amide bonds. The molecule has 1 atom stereocenters. The maximum absolute atomic E-state index is 13.8. The maximum atomic E-state index is 13.8. The first-order valence-corrected chi connectivity index (χ1v) is 14.5. The Morgan fingerprint density at radius 3 is 2.43 bits per heavy atom. The topological polar surface area (TPSA) is 64.1 Å². The first kappa shape index (κ1) is 27.8. The fraction of sp³-hybridized carbons (Fsp3) is 0.677. The van der Waals surface area contributed by atoms with Gasteiger partial charge >= 0.3 is 6.03 Å². The number of amides is 3. The van der Waals surface area contributed by atoms with Crippen LogP contribution in [0.4, 0.5) is 4.79 Å². The molecule has 1 aliphatic carbocycles. The molecule has 2 saturated heterocycles. The van der Waals surface area contributed by atoms with Crippen LogP contribution in [0.5, 0.6) is 0 Å². The second-order valence-corrected chi connectivity index (χ2v) is 12.2. The van der Waals surface area contributed by atoms with Crippen LogP contribution < -0.4 is 0 Å². The Bertz CT molecular complexity index is 944. The average molecular weight is 510 g/mol. The van der Waals surface area contributed by atoms with E-state index in [0.717, 1.165) is 76.6 Å². The summed E-state index contributed by atoms with van der Waals surface area (Å²) in [6.45, 7) is 9.76. The van der Waals surface area contributed by atoms with Gasteiger partial charge in [-0.25, -0.2) is 4.79 Å². The van der Waals surface area contributed by atoms with Crippen LogP contribution in [-0.2, 0) is 11.3 Å². The van der Waals surface area contributed by atoms with Gasteiger partial charge in [0.05, 0.1) is 12.1 Å². The van der Waals surface area contributed by atoms with E-state index in [1.165, 1.54) is 17.7 Å². The predicted octanol–water partition coefficient (Wildman–Crippen LogP) is 5.75. The number of unbranched alkanes of at least 4 members (excludes halogenated alkanes) is 1. The molecule has 4 rings (SSSR count). The third kappa shape index (κ3) is 6.83. The summed E-state index contributed by atoms with van der Waals surface area (Å²) in [6.07, 6.45) is 12.4. The predicted molar refractivity (Wildman–Crippen MR) is 148 cm³/mol. The molecule has 1 N–H and O–H groups in total. The minimum atomic E-state index is -0.669. The molecule has 0 bridgehead atoms. The van der Waals surface area contributed by atoms with Gasteiger partial charge in [-0.15, -0.1) is 0 Å². The number of urea groups is 1. The summed E-state index contributed by atoms with van der Waals surface area (Å²) in [5, 5.41) is 9.95. The molecule has 2 fully saturated rings. The smallest absolute Gasteiger partial charge is 0.327 e. The number of carbonyl (C=O) groups is 2. The van der Waals surface area contributed by atoms with Crippen molar-refractivity contribution < 1.29 is 14.7 Å². The molecule has 3 aliphatic rings. The summed E-state index contributed by atoms with van der Waals surface area (Å²) >= 11 is 0. The lowest BCUT2D eigenvalue weighted by atomic mass is 9.83. The van der Waals surface area contributed by atoms with Crippen molar-refractivity contribution in [2.45, 2.75) is 103 Å². The van der Waals surface area contributed by atoms with E-state index in [9.17, 15) is 14.7 Å². The van der Waals surface area contributed by atoms with Crippen molar-refractivity contribution in [2.24, 2.45) is 5.92 Å². The van der Waals surface area contributed by atoms with Gasteiger partial charge in [-0.1, -0.05) is 55.3 Å². The monoisotopic (exact) mass is 509 g/mol. The second kappa shape index (κ2) is 12.1. The zero-order valence-electron chi connectivity index (χ0n) is 23.3. The summed E-state index contributed by atoms with van der Waals surface area (Å²) in [5.41, 5.74) is 1.31. The standard InChI is InChI=1S/C31H47N3O3/c1-4-5-20-34-29(36)33(24-26-10-7-6-8-11-26)28(35)31(34)18-21-32(22-19-31)23-27-15-13-25(14-16-27)12-9-17-30(2,3)37/h6-8,10-11,13,27,37H,4-5,9,12,14-24H2,1-3H3. The van der Waals surface area contributed by atoms with Gasteiger partial charge in [-0.3, -0.25) is 9.69 Å². The fourth-order valence-electron chi connectivity index (χ4n) is 6.35. The summed E-state index contributed by atoms with van der Waals surface area (Å²) in [4.78, 5) is 33.2. The molecule has 1 spiro atoms. The summed E-state index contributed by atoms with van der Waals surface area (Å²) in [7, 11) is 0. The summed E-state index contributed by atoms with van der Waals surface area (Å²) in [6, 6.07) is 9.75. The zero-order chi connectivity index (χ0) is 26.5. The molecule has 6 nitrogen and oxygen atoms in total. The molecular formula is C31H47N3O3. The molecule has 6 heteroatoms. The third-order valence-electron chi connectivity index (χ3n) is 8.64. The van der Waals surface area contributed by atoms with Gasteiger partial charge in [-0.2, -0.15) is 0 Å². The molecule has 0 radical (unpaired) electrons. The summed E-state index contributed by atoms with van der Waals surface area (Å²) in [5.74, 6) is 0.673. The lowest BCUT2D eigenvalue weighted by Crippen LogP contribution is -2.57. The van der Waals surface area contributed by atoms with Crippen LogP contribution in [-0.4, -0.2) is 69.1 Å². The molecule has 1 aromatic carbocycles. The minimum absolute atomic E-state index is 0.00778. The molecule has 0 aromatic heterocycles. The molecular weight excluding hydrogens is 462 g/mol. The van der Waals surface area contributed by atoms with Gasteiger partial charge < -0.3 is 14.9 Å². The highest BCUT2D eigenvalue weighted by molar-refractivity contribution is 6.07. The van der Waals surface area contributed by atoms with Crippen molar-refractivity contribution in [3.8, 4) is 0 Å². The largest absolute Gasteiger partial charge is 0.390 e. The van der Waals surface area contributed by atoms with Crippen LogP contribution in [0.15, 0.2) is 42.0 Å². The molecule has 2 aliphatic heterocycles. The minimum Gasteiger partial charge on any atom is -0.390 e. The van der Waals surface area contributed by atoms with Gasteiger partial charge in [0.15, 0.2) is 0 Å². The molecule has 1 aromatic rings. The number of nitrogens with zero attached hydrogens (tertiary/aromatic N) is 3. The van der Waals surface area contributed by atoms with Gasteiger partial charge in [-0.05, 0) is 83.1 Å². The maximum Gasteiger partial charge on any atom is 0.327 e. The SMILES string of the molecule is CCCCN1C(=O)N(Cc2ccccc2)C(=O)C12CCN(CC1CC=C(CCCC(C)(C)O)CC1)CC2. The van der Waals surface area contributed by atoms with E-state index in [1.54, 1.807) is 5.57 Å². The van der Waals surface area contributed by atoms with E-state index in [0.29, 0.717) is 19.0 Å². The number of hydrogen-bond acceptors (Lipinski definition) is 4. The van der Waals surface area contributed by atoms with Gasteiger partial charge in [0, 0.05) is 26.2 Å². The second-order valence-electron chi connectivity index (χ2n) is 12.2. The van der Waals surface area contributed by atoms with Crippen molar-refractivity contribution in [1.82, 2.24) is 14.7 Å². The van der Waals surface area contributed by atoms with Gasteiger partial charge in [0.25, 0.3) is 5.91 Å². The summed E-state index contributed by atoms with van der Waals surface area (Å²) < 4.78 is 0. The number of imide groups is 1. The van der Waals surface area contributed by atoms with Crippen molar-refractivity contribution in [1.29, 1.82) is 0 Å². The lowest BCUT2D eigenvalue weighted by molar-refractivity contribution is -0.136. The fourth-order valence-corrected chi connectivity index (χ4v) is 6.35. The normalized spacial score (nSPS) is 22.7. The Morgan fingerprint density at radius 1 is 1.08 bits per heavy atom. The Labute approximate surface area is 223 Å². The van der Waals surface area contributed by atoms with Crippen molar-refractivity contribution in [3.63, 3.8) is 0 Å². The van der Waals surface area contributed by atoms with Crippen LogP contribution in [0, 0.1) is 5.92 Å². The van der Waals surface area contributed by atoms with E-state index in [-0.39, 0.29) is 11.9 Å². The Balaban J connectivity index is 1.33. The lowest BCUT2D eigenvalue weighted by Gasteiger charge is -2.43. The van der Waals surface area contributed by atoms with E-state index in [2.05, 4.69) is 17.9 Å². The molecule has 204 valence electrons. The zero-order valence-corrected chi connectivity index (χ0v) is 23.3. The molecule has 0 saturated carbocycles. The van der Waals surface area contributed by atoms with Crippen LogP contribution >= 0.6 is 0 Å². The number of benzene rings is 1. The highest BCUT2D eigenvalue weighted by Gasteiger charge is 2.57. The number of rotatable bonds is 11. The van der Waals surface area contributed by atoms with Crippen molar-refractivity contribution >= 4 is 11.9 Å². The van der Waals surface area contributed by atoms with Crippen LogP contribution in [0.2, 0.25) is 0 Å². The van der Waals surface area contributed by atoms with Crippen LogP contribution in [0.1, 0.15) is 90.5 Å². The average Bonchev–Trinajstić information content (AvgIpc) is 3.06. The third-order valence-corrected chi connectivity index (χ3v) is 8.64. The highest BCUT2D eigenvalue weighted by Crippen LogP contribution is 2.39.